The van der Waals surface area contributed by atoms with E-state index >= 15 is 0 Å². The van der Waals surface area contributed by atoms with Gasteiger partial charge in [0.05, 0.1) is 23.8 Å². The first-order valence-corrected chi connectivity index (χ1v) is 5.55. The largest absolute Gasteiger partial charge is 0.409 e. The van der Waals surface area contributed by atoms with Crippen LogP contribution in [0.15, 0.2) is 35.6 Å². The molecule has 7 heteroatoms. The molecule has 0 saturated carbocycles. The van der Waals surface area contributed by atoms with E-state index in [2.05, 4.69) is 15.1 Å². The number of likely N-dealkylation sites (N-methyl/N-ethyl adjacent to an activating group) is 1. The van der Waals surface area contributed by atoms with Gasteiger partial charge >= 0.3 is 0 Å². The van der Waals surface area contributed by atoms with Gasteiger partial charge in [-0.25, -0.2) is 4.98 Å². The molecule has 1 amide bonds. The highest BCUT2D eigenvalue weighted by Crippen LogP contribution is 2.09. The van der Waals surface area contributed by atoms with Gasteiger partial charge in [-0.3, -0.25) is 9.78 Å². The Hall–Kier alpha value is -2.70. The molecule has 0 fully saturated rings. The Morgan fingerprint density at radius 2 is 2.11 bits per heavy atom. The van der Waals surface area contributed by atoms with Crippen LogP contribution in [0, 0.1) is 0 Å². The Morgan fingerprint density at radius 3 is 2.79 bits per heavy atom. The number of carbonyl (C=O) groups excluding carboxylic acids is 1. The highest BCUT2D eigenvalue weighted by Gasteiger charge is 2.15. The maximum Gasteiger partial charge on any atom is 0.274 e. The molecule has 0 radical (unpaired) electrons. The molecule has 0 spiro atoms. The summed E-state index contributed by atoms with van der Waals surface area (Å²) in [5.74, 6) is -0.394. The molecule has 1 aromatic carbocycles. The van der Waals surface area contributed by atoms with Crippen molar-refractivity contribution in [3.63, 3.8) is 0 Å². The summed E-state index contributed by atoms with van der Waals surface area (Å²) in [5, 5.41) is 11.3. The van der Waals surface area contributed by atoms with Crippen LogP contribution in [0.4, 0.5) is 0 Å². The van der Waals surface area contributed by atoms with Crippen LogP contribution in [0.3, 0.4) is 0 Å². The maximum atomic E-state index is 12.1. The highest BCUT2D eigenvalue weighted by molar-refractivity contribution is 5.96. The number of fused-ring (bicyclic) bond motifs is 1. The van der Waals surface area contributed by atoms with E-state index in [9.17, 15) is 4.79 Å². The lowest BCUT2D eigenvalue weighted by Gasteiger charge is -2.15. The zero-order valence-corrected chi connectivity index (χ0v) is 10.3. The summed E-state index contributed by atoms with van der Waals surface area (Å²) in [6.07, 6.45) is 1.41. The quantitative estimate of drug-likeness (QED) is 0.360. The van der Waals surface area contributed by atoms with Crippen molar-refractivity contribution in [1.82, 2.24) is 14.9 Å². The SMILES string of the molecule is CN(C/C(N)=N/O)C(=O)c1cnc2ccccc2n1. The molecule has 7 nitrogen and oxygen atoms in total. The molecule has 1 heterocycles. The predicted octanol–water partition coefficient (Wildman–Crippen LogP) is 0.448. The van der Waals surface area contributed by atoms with E-state index in [0.717, 1.165) is 5.52 Å². The predicted molar refractivity (Wildman–Crippen MR) is 69.9 cm³/mol. The number of amides is 1. The summed E-state index contributed by atoms with van der Waals surface area (Å²) < 4.78 is 0. The Bertz CT molecular complexity index is 641. The van der Waals surface area contributed by atoms with Crippen LogP contribution < -0.4 is 5.73 Å². The topological polar surface area (TPSA) is 105 Å². The van der Waals surface area contributed by atoms with Gasteiger partial charge in [0.15, 0.2) is 5.84 Å². The van der Waals surface area contributed by atoms with Crippen LogP contribution in [0.5, 0.6) is 0 Å². The van der Waals surface area contributed by atoms with E-state index in [1.165, 1.54) is 18.1 Å². The lowest BCUT2D eigenvalue weighted by atomic mass is 10.3. The molecule has 2 rings (SSSR count). The lowest BCUT2D eigenvalue weighted by Crippen LogP contribution is -2.36. The number of nitrogens with two attached hydrogens (primary N) is 1. The minimum Gasteiger partial charge on any atom is -0.409 e. The number of hydrogen-bond acceptors (Lipinski definition) is 5. The Kier molecular flexibility index (Phi) is 3.56. The van der Waals surface area contributed by atoms with Gasteiger partial charge in [-0.1, -0.05) is 17.3 Å². The van der Waals surface area contributed by atoms with Crippen molar-refractivity contribution in [1.29, 1.82) is 0 Å². The number of oxime groups is 1. The average Bonchev–Trinajstić information content (AvgIpc) is 2.45. The average molecular weight is 259 g/mol. The minimum atomic E-state index is -0.343. The third-order valence-corrected chi connectivity index (χ3v) is 2.54. The van der Waals surface area contributed by atoms with Crippen molar-refractivity contribution in [2.75, 3.05) is 13.6 Å². The summed E-state index contributed by atoms with van der Waals surface area (Å²) in [7, 11) is 1.54. The van der Waals surface area contributed by atoms with Gasteiger partial charge in [0, 0.05) is 7.05 Å². The van der Waals surface area contributed by atoms with Crippen molar-refractivity contribution in [2.24, 2.45) is 10.9 Å². The van der Waals surface area contributed by atoms with Crippen LogP contribution in [0.2, 0.25) is 0 Å². The van der Waals surface area contributed by atoms with Crippen LogP contribution in [-0.4, -0.2) is 45.4 Å². The molecule has 0 unspecified atom stereocenters. The van der Waals surface area contributed by atoms with Crippen LogP contribution in [0.1, 0.15) is 10.5 Å². The number of amidine groups is 1. The molecule has 0 atom stereocenters. The Labute approximate surface area is 109 Å². The fourth-order valence-electron chi connectivity index (χ4n) is 1.60. The molecule has 2 aromatic rings. The van der Waals surface area contributed by atoms with Crippen molar-refractivity contribution in [2.45, 2.75) is 0 Å². The zero-order chi connectivity index (χ0) is 13.8. The molecule has 98 valence electrons. The van der Waals surface area contributed by atoms with Gasteiger partial charge in [-0.05, 0) is 12.1 Å². The number of para-hydroxylation sites is 2. The molecule has 0 aliphatic heterocycles. The molecule has 0 bridgehead atoms. The second kappa shape index (κ2) is 5.30. The number of nitrogens with zero attached hydrogens (tertiary/aromatic N) is 4. The maximum absolute atomic E-state index is 12.1. The van der Waals surface area contributed by atoms with Crippen molar-refractivity contribution in [3.05, 3.63) is 36.2 Å². The molecule has 0 aliphatic rings. The van der Waals surface area contributed by atoms with Gasteiger partial charge in [0.25, 0.3) is 5.91 Å². The molecular formula is C12H13N5O2. The lowest BCUT2D eigenvalue weighted by molar-refractivity contribution is 0.0808. The third kappa shape index (κ3) is 2.76. The standard InChI is InChI=1S/C12H13N5O2/c1-17(7-11(13)16-19)12(18)10-6-14-8-4-2-3-5-9(8)15-10/h2-6,19H,7H2,1H3,(H2,13,16). The first-order chi connectivity index (χ1) is 9.11. The summed E-state index contributed by atoms with van der Waals surface area (Å²) in [6, 6.07) is 7.27. The van der Waals surface area contributed by atoms with Crippen LogP contribution >= 0.6 is 0 Å². The number of hydrogen-bond donors (Lipinski definition) is 2. The zero-order valence-electron chi connectivity index (χ0n) is 10.3. The van der Waals surface area contributed by atoms with E-state index in [4.69, 9.17) is 10.9 Å². The van der Waals surface area contributed by atoms with Crippen LogP contribution in [0.25, 0.3) is 11.0 Å². The van der Waals surface area contributed by atoms with Gasteiger partial charge in [-0.2, -0.15) is 0 Å². The fraction of sp³-hybridized carbons (Fsp3) is 0.167. The highest BCUT2D eigenvalue weighted by atomic mass is 16.4. The normalized spacial score (nSPS) is 11.5. The van der Waals surface area contributed by atoms with Crippen molar-refractivity contribution in [3.8, 4) is 0 Å². The number of benzene rings is 1. The van der Waals surface area contributed by atoms with Gasteiger partial charge < -0.3 is 15.8 Å². The summed E-state index contributed by atoms with van der Waals surface area (Å²) >= 11 is 0. The number of carbonyl (C=O) groups is 1. The van der Waals surface area contributed by atoms with Crippen molar-refractivity contribution < 1.29 is 10.0 Å². The van der Waals surface area contributed by atoms with E-state index in [0.29, 0.717) is 5.52 Å². The van der Waals surface area contributed by atoms with Gasteiger partial charge in [-0.15, -0.1) is 0 Å². The molecule has 3 N–H and O–H groups in total. The minimum absolute atomic E-state index is 0.0177. The second-order valence-electron chi connectivity index (χ2n) is 4.00. The van der Waals surface area contributed by atoms with E-state index < -0.39 is 0 Å². The number of aromatic nitrogens is 2. The summed E-state index contributed by atoms with van der Waals surface area (Å²) in [4.78, 5) is 21.8. The number of rotatable bonds is 3. The first-order valence-electron chi connectivity index (χ1n) is 5.55. The Morgan fingerprint density at radius 1 is 1.42 bits per heavy atom. The molecular weight excluding hydrogens is 246 g/mol. The Balaban J connectivity index is 2.26. The molecule has 19 heavy (non-hydrogen) atoms. The second-order valence-corrected chi connectivity index (χ2v) is 4.00. The van der Waals surface area contributed by atoms with Gasteiger partial charge in [0.2, 0.25) is 0 Å². The molecule has 0 aliphatic carbocycles. The smallest absolute Gasteiger partial charge is 0.274 e. The van der Waals surface area contributed by atoms with Crippen LogP contribution in [-0.2, 0) is 0 Å². The summed E-state index contributed by atoms with van der Waals surface area (Å²) in [5.41, 5.74) is 6.93. The van der Waals surface area contributed by atoms with Gasteiger partial charge in [0.1, 0.15) is 5.69 Å². The molecule has 1 aromatic heterocycles. The van der Waals surface area contributed by atoms with E-state index in [1.807, 2.05) is 18.2 Å². The van der Waals surface area contributed by atoms with E-state index in [-0.39, 0.29) is 24.0 Å². The fourth-order valence-corrected chi connectivity index (χ4v) is 1.60. The third-order valence-electron chi connectivity index (χ3n) is 2.54. The molecule has 0 saturated heterocycles. The van der Waals surface area contributed by atoms with E-state index in [1.54, 1.807) is 6.07 Å². The monoisotopic (exact) mass is 259 g/mol. The summed E-state index contributed by atoms with van der Waals surface area (Å²) in [6.45, 7) is 0.0177. The van der Waals surface area contributed by atoms with Crippen molar-refractivity contribution >= 4 is 22.8 Å². The first kappa shape index (κ1) is 12.7.